The molecular weight excluding hydrogens is 386 g/mol. The molecule has 2 fully saturated rings. The van der Waals surface area contributed by atoms with Crippen LogP contribution >= 0.6 is 0 Å². The van der Waals surface area contributed by atoms with Crippen LogP contribution in [0.1, 0.15) is 37.7 Å². The molecule has 4 heterocycles. The number of piperidine rings is 1. The standard InChI is InChI=1S/C25H35N5O/c1-28-16-10-23(11-17-28)31-22-7-5-20(6-8-22)24-26-19-21-9-18-30(25(21)27-24)15-4-14-29-12-2-3-13-29/h5-8,19,23H,2-4,9-18H2,1H3. The molecule has 5 rings (SSSR count). The van der Waals surface area contributed by atoms with Crippen LogP contribution in [0.4, 0.5) is 5.82 Å². The van der Waals surface area contributed by atoms with Gasteiger partial charge in [-0.15, -0.1) is 0 Å². The number of aromatic nitrogens is 2. The summed E-state index contributed by atoms with van der Waals surface area (Å²) < 4.78 is 6.19. The topological polar surface area (TPSA) is 44.7 Å². The quantitative estimate of drug-likeness (QED) is 0.682. The molecule has 2 aromatic rings. The molecule has 1 aromatic carbocycles. The Morgan fingerprint density at radius 2 is 1.74 bits per heavy atom. The number of rotatable bonds is 7. The molecule has 31 heavy (non-hydrogen) atoms. The first-order valence-corrected chi connectivity index (χ1v) is 12.0. The van der Waals surface area contributed by atoms with Crippen molar-refractivity contribution in [2.45, 2.75) is 44.6 Å². The highest BCUT2D eigenvalue weighted by atomic mass is 16.5. The number of hydrogen-bond acceptors (Lipinski definition) is 6. The molecule has 0 radical (unpaired) electrons. The molecule has 0 bridgehead atoms. The number of hydrogen-bond donors (Lipinski definition) is 0. The Hall–Kier alpha value is -2.18. The monoisotopic (exact) mass is 421 g/mol. The molecular formula is C25H35N5O. The molecule has 3 aliphatic rings. The Balaban J connectivity index is 1.20. The van der Waals surface area contributed by atoms with Gasteiger partial charge in [0.05, 0.1) is 0 Å². The lowest BCUT2D eigenvalue weighted by molar-refractivity contribution is 0.114. The lowest BCUT2D eigenvalue weighted by Crippen LogP contribution is -2.35. The number of benzene rings is 1. The highest BCUT2D eigenvalue weighted by Crippen LogP contribution is 2.29. The number of likely N-dealkylation sites (tertiary alicyclic amines) is 2. The fourth-order valence-corrected chi connectivity index (χ4v) is 5.04. The van der Waals surface area contributed by atoms with E-state index in [-0.39, 0.29) is 0 Å². The van der Waals surface area contributed by atoms with Gasteiger partial charge < -0.3 is 19.4 Å². The third kappa shape index (κ3) is 5.01. The smallest absolute Gasteiger partial charge is 0.161 e. The van der Waals surface area contributed by atoms with Crippen LogP contribution in [0, 0.1) is 0 Å². The van der Waals surface area contributed by atoms with Crippen LogP contribution in [-0.4, -0.2) is 78.7 Å². The highest BCUT2D eigenvalue weighted by molar-refractivity contribution is 5.61. The fraction of sp³-hybridized carbons (Fsp3) is 0.600. The van der Waals surface area contributed by atoms with Crippen LogP contribution in [-0.2, 0) is 6.42 Å². The Morgan fingerprint density at radius 1 is 0.968 bits per heavy atom. The van der Waals surface area contributed by atoms with Crippen LogP contribution in [0.5, 0.6) is 5.75 Å². The van der Waals surface area contributed by atoms with Crippen molar-refractivity contribution >= 4 is 5.82 Å². The third-order valence-corrected chi connectivity index (χ3v) is 6.97. The predicted molar refractivity (Wildman–Crippen MR) is 125 cm³/mol. The van der Waals surface area contributed by atoms with E-state index in [1.807, 2.05) is 6.20 Å². The summed E-state index contributed by atoms with van der Waals surface area (Å²) in [6.45, 7) is 8.14. The van der Waals surface area contributed by atoms with E-state index in [0.29, 0.717) is 6.10 Å². The SMILES string of the molecule is CN1CCC(Oc2ccc(-c3ncc4c(n3)N(CCCN3CCCC3)CC4)cc2)CC1. The fourth-order valence-electron chi connectivity index (χ4n) is 5.04. The number of nitrogens with zero attached hydrogens (tertiary/aromatic N) is 5. The van der Waals surface area contributed by atoms with Gasteiger partial charge in [0.25, 0.3) is 0 Å². The zero-order valence-electron chi connectivity index (χ0n) is 18.8. The maximum Gasteiger partial charge on any atom is 0.161 e. The summed E-state index contributed by atoms with van der Waals surface area (Å²) in [5, 5.41) is 0. The maximum atomic E-state index is 6.19. The normalized spacial score (nSPS) is 20.4. The number of anilines is 1. The van der Waals surface area contributed by atoms with Gasteiger partial charge in [0.1, 0.15) is 17.7 Å². The van der Waals surface area contributed by atoms with E-state index in [2.05, 4.69) is 51.0 Å². The second-order valence-corrected chi connectivity index (χ2v) is 9.33. The number of ether oxygens (including phenoxy) is 1. The van der Waals surface area contributed by atoms with Crippen molar-refractivity contribution in [3.8, 4) is 17.1 Å². The van der Waals surface area contributed by atoms with E-state index in [1.165, 1.54) is 44.5 Å². The summed E-state index contributed by atoms with van der Waals surface area (Å²) in [6, 6.07) is 8.33. The zero-order valence-corrected chi connectivity index (χ0v) is 18.8. The van der Waals surface area contributed by atoms with Gasteiger partial charge >= 0.3 is 0 Å². The summed E-state index contributed by atoms with van der Waals surface area (Å²) in [5.41, 5.74) is 2.34. The van der Waals surface area contributed by atoms with Gasteiger partial charge in [-0.2, -0.15) is 0 Å². The minimum atomic E-state index is 0.326. The first-order chi connectivity index (χ1) is 15.2. The molecule has 6 nitrogen and oxygen atoms in total. The van der Waals surface area contributed by atoms with Crippen molar-refractivity contribution in [2.75, 3.05) is 57.8 Å². The van der Waals surface area contributed by atoms with Gasteiger partial charge in [-0.3, -0.25) is 0 Å². The van der Waals surface area contributed by atoms with Crippen molar-refractivity contribution in [3.05, 3.63) is 36.0 Å². The predicted octanol–water partition coefficient (Wildman–Crippen LogP) is 3.47. The molecule has 0 amide bonds. The van der Waals surface area contributed by atoms with E-state index < -0.39 is 0 Å². The third-order valence-electron chi connectivity index (χ3n) is 6.97. The molecule has 0 aliphatic carbocycles. The lowest BCUT2D eigenvalue weighted by atomic mass is 10.1. The van der Waals surface area contributed by atoms with Crippen LogP contribution in [0.2, 0.25) is 0 Å². The molecule has 0 unspecified atom stereocenters. The van der Waals surface area contributed by atoms with Gasteiger partial charge in [-0.05, 0) is 89.5 Å². The van der Waals surface area contributed by atoms with Crippen molar-refractivity contribution in [1.29, 1.82) is 0 Å². The van der Waals surface area contributed by atoms with Crippen molar-refractivity contribution < 1.29 is 4.74 Å². The highest BCUT2D eigenvalue weighted by Gasteiger charge is 2.22. The Bertz CT molecular complexity index is 857. The van der Waals surface area contributed by atoms with E-state index >= 15 is 0 Å². The molecule has 0 spiro atoms. The van der Waals surface area contributed by atoms with E-state index in [1.54, 1.807) is 0 Å². The van der Waals surface area contributed by atoms with Crippen molar-refractivity contribution in [1.82, 2.24) is 19.8 Å². The van der Waals surface area contributed by atoms with Crippen LogP contribution in [0.3, 0.4) is 0 Å². The summed E-state index contributed by atoms with van der Waals surface area (Å²) in [4.78, 5) is 17.0. The largest absolute Gasteiger partial charge is 0.490 e. The molecule has 0 saturated carbocycles. The first-order valence-electron chi connectivity index (χ1n) is 12.0. The molecule has 0 N–H and O–H groups in total. The van der Waals surface area contributed by atoms with Crippen molar-refractivity contribution in [3.63, 3.8) is 0 Å². The maximum absolute atomic E-state index is 6.19. The second kappa shape index (κ2) is 9.53. The minimum absolute atomic E-state index is 0.326. The molecule has 6 heteroatoms. The van der Waals surface area contributed by atoms with Gasteiger partial charge in [-0.1, -0.05) is 0 Å². The van der Waals surface area contributed by atoms with Gasteiger partial charge in [-0.25, -0.2) is 9.97 Å². The average molecular weight is 422 g/mol. The second-order valence-electron chi connectivity index (χ2n) is 9.33. The van der Waals surface area contributed by atoms with Gasteiger partial charge in [0, 0.05) is 43.5 Å². The molecule has 1 aromatic heterocycles. The Kier molecular flexibility index (Phi) is 6.37. The molecule has 166 valence electrons. The Labute approximate surface area is 186 Å². The van der Waals surface area contributed by atoms with E-state index in [4.69, 9.17) is 9.72 Å². The van der Waals surface area contributed by atoms with E-state index in [0.717, 1.165) is 68.4 Å². The Morgan fingerprint density at radius 3 is 2.52 bits per heavy atom. The van der Waals surface area contributed by atoms with Gasteiger partial charge in [0.2, 0.25) is 0 Å². The van der Waals surface area contributed by atoms with Crippen LogP contribution in [0.25, 0.3) is 11.4 Å². The average Bonchev–Trinajstić information content (AvgIpc) is 3.46. The summed E-state index contributed by atoms with van der Waals surface area (Å²) in [7, 11) is 2.18. The van der Waals surface area contributed by atoms with Gasteiger partial charge in [0.15, 0.2) is 5.82 Å². The van der Waals surface area contributed by atoms with E-state index in [9.17, 15) is 0 Å². The first kappa shape index (κ1) is 20.7. The lowest BCUT2D eigenvalue weighted by Gasteiger charge is -2.29. The summed E-state index contributed by atoms with van der Waals surface area (Å²) in [6.07, 6.45) is 9.55. The summed E-state index contributed by atoms with van der Waals surface area (Å²) in [5.74, 6) is 2.90. The summed E-state index contributed by atoms with van der Waals surface area (Å²) >= 11 is 0. The van der Waals surface area contributed by atoms with Crippen molar-refractivity contribution in [2.24, 2.45) is 0 Å². The van der Waals surface area contributed by atoms with Crippen LogP contribution in [0.15, 0.2) is 30.5 Å². The molecule has 3 aliphatic heterocycles. The van der Waals surface area contributed by atoms with Crippen LogP contribution < -0.4 is 9.64 Å². The number of fused-ring (bicyclic) bond motifs is 1. The zero-order chi connectivity index (χ0) is 21.0. The molecule has 0 atom stereocenters. The minimum Gasteiger partial charge on any atom is -0.490 e. The molecule has 2 saturated heterocycles.